The zero-order chi connectivity index (χ0) is 12.0. The van der Waals surface area contributed by atoms with Crippen molar-refractivity contribution in [3.63, 3.8) is 0 Å². The van der Waals surface area contributed by atoms with Crippen molar-refractivity contribution in [2.24, 2.45) is 5.84 Å². The fraction of sp³-hybridized carbons (Fsp3) is 0.417. The Labute approximate surface area is 96.4 Å². The molecule has 1 aromatic rings. The monoisotopic (exact) mass is 221 g/mol. The second kappa shape index (κ2) is 6.25. The number of carbonyl (C=O) groups is 1. The highest BCUT2D eigenvalue weighted by molar-refractivity contribution is 5.82. The lowest BCUT2D eigenvalue weighted by molar-refractivity contribution is -0.126. The van der Waals surface area contributed by atoms with Gasteiger partial charge in [-0.1, -0.05) is 44.2 Å². The minimum atomic E-state index is -0.304. The predicted molar refractivity (Wildman–Crippen MR) is 64.4 cm³/mol. The van der Waals surface area contributed by atoms with Crippen molar-refractivity contribution in [1.29, 1.82) is 0 Å². The summed E-state index contributed by atoms with van der Waals surface area (Å²) in [5.41, 5.74) is 3.20. The maximum Gasteiger partial charge on any atom is 0.255 e. The Balaban J connectivity index is 3.00. The van der Waals surface area contributed by atoms with Gasteiger partial charge in [0.05, 0.1) is 0 Å². The molecular weight excluding hydrogens is 202 g/mol. The molecule has 0 spiro atoms. The van der Waals surface area contributed by atoms with E-state index in [0.717, 1.165) is 18.7 Å². The molecule has 0 saturated heterocycles. The van der Waals surface area contributed by atoms with Gasteiger partial charge in [-0.3, -0.25) is 15.1 Å². The summed E-state index contributed by atoms with van der Waals surface area (Å²) in [5, 5.41) is 0. The first kappa shape index (κ1) is 12.7. The molecule has 4 heteroatoms. The number of likely N-dealkylation sites (N-methyl/N-ethyl adjacent to an activating group) is 1. The molecule has 1 rings (SSSR count). The molecule has 0 aliphatic rings. The molecule has 1 aromatic carbocycles. The van der Waals surface area contributed by atoms with Gasteiger partial charge >= 0.3 is 0 Å². The minimum absolute atomic E-state index is 0.171. The van der Waals surface area contributed by atoms with Gasteiger partial charge in [0, 0.05) is 0 Å². The van der Waals surface area contributed by atoms with Gasteiger partial charge in [-0.25, -0.2) is 5.84 Å². The van der Waals surface area contributed by atoms with Crippen molar-refractivity contribution >= 4 is 5.91 Å². The summed E-state index contributed by atoms with van der Waals surface area (Å²) in [7, 11) is 0. The zero-order valence-electron chi connectivity index (χ0n) is 9.81. The number of nitrogens with two attached hydrogens (primary N) is 1. The van der Waals surface area contributed by atoms with Gasteiger partial charge in [0.2, 0.25) is 0 Å². The van der Waals surface area contributed by atoms with E-state index < -0.39 is 0 Å². The first-order valence-electron chi connectivity index (χ1n) is 5.54. The zero-order valence-corrected chi connectivity index (χ0v) is 9.81. The maximum atomic E-state index is 11.8. The lowest BCUT2D eigenvalue weighted by atomic mass is 10.0. The number of amides is 1. The van der Waals surface area contributed by atoms with Crippen LogP contribution in [0.5, 0.6) is 0 Å². The van der Waals surface area contributed by atoms with Crippen molar-refractivity contribution < 1.29 is 4.79 Å². The van der Waals surface area contributed by atoms with Gasteiger partial charge in [-0.15, -0.1) is 0 Å². The van der Waals surface area contributed by atoms with Gasteiger partial charge in [0.25, 0.3) is 5.91 Å². The molecule has 0 bridgehead atoms. The summed E-state index contributed by atoms with van der Waals surface area (Å²) in [6, 6.07) is 9.37. The number of benzene rings is 1. The number of hydrogen-bond acceptors (Lipinski definition) is 3. The van der Waals surface area contributed by atoms with Crippen molar-refractivity contribution in [3.05, 3.63) is 35.9 Å². The smallest absolute Gasteiger partial charge is 0.255 e. The van der Waals surface area contributed by atoms with Crippen molar-refractivity contribution in [3.8, 4) is 0 Å². The van der Waals surface area contributed by atoms with Crippen LogP contribution in [0.3, 0.4) is 0 Å². The average Bonchev–Trinajstić information content (AvgIpc) is 2.36. The van der Waals surface area contributed by atoms with Crippen LogP contribution in [-0.4, -0.2) is 23.9 Å². The number of hydrazine groups is 1. The Morgan fingerprint density at radius 1 is 1.31 bits per heavy atom. The summed E-state index contributed by atoms with van der Waals surface area (Å²) in [6.07, 6.45) is 0. The Morgan fingerprint density at radius 2 is 1.88 bits per heavy atom. The second-order valence-corrected chi connectivity index (χ2v) is 3.54. The standard InChI is InChI=1S/C12H19N3O/c1-3-15(4-2)11(12(16)14-13)10-8-6-5-7-9-10/h5-9,11H,3-4,13H2,1-2H3,(H,14,16)/t11-/m0/s1. The third kappa shape index (κ3) is 2.81. The highest BCUT2D eigenvalue weighted by atomic mass is 16.2. The van der Waals surface area contributed by atoms with E-state index in [2.05, 4.69) is 10.3 Å². The summed E-state index contributed by atoms with van der Waals surface area (Å²) < 4.78 is 0. The minimum Gasteiger partial charge on any atom is -0.293 e. The van der Waals surface area contributed by atoms with Crippen LogP contribution in [-0.2, 0) is 4.79 Å². The molecular formula is C12H19N3O. The van der Waals surface area contributed by atoms with Crippen LogP contribution in [0.15, 0.2) is 30.3 Å². The molecule has 0 fully saturated rings. The molecule has 16 heavy (non-hydrogen) atoms. The van der Waals surface area contributed by atoms with E-state index >= 15 is 0 Å². The van der Waals surface area contributed by atoms with Gasteiger partial charge in [-0.05, 0) is 18.7 Å². The van der Waals surface area contributed by atoms with Crippen LogP contribution in [0.1, 0.15) is 25.5 Å². The van der Waals surface area contributed by atoms with E-state index in [1.54, 1.807) is 0 Å². The van der Waals surface area contributed by atoms with E-state index in [1.165, 1.54) is 0 Å². The van der Waals surface area contributed by atoms with Crippen molar-refractivity contribution in [1.82, 2.24) is 10.3 Å². The molecule has 0 aliphatic carbocycles. The van der Waals surface area contributed by atoms with E-state index in [0.29, 0.717) is 0 Å². The fourth-order valence-electron chi connectivity index (χ4n) is 1.83. The Kier molecular flexibility index (Phi) is 4.95. The lowest BCUT2D eigenvalue weighted by Gasteiger charge is -2.28. The van der Waals surface area contributed by atoms with Gasteiger partial charge in [-0.2, -0.15) is 0 Å². The first-order chi connectivity index (χ1) is 7.74. The van der Waals surface area contributed by atoms with Gasteiger partial charge < -0.3 is 0 Å². The Bertz CT molecular complexity index is 322. The normalized spacial score (nSPS) is 12.5. The molecule has 3 N–H and O–H groups in total. The van der Waals surface area contributed by atoms with Crippen LogP contribution < -0.4 is 11.3 Å². The molecule has 0 saturated carbocycles. The quantitative estimate of drug-likeness (QED) is 0.444. The SMILES string of the molecule is CCN(CC)[C@H](C(=O)NN)c1ccccc1. The van der Waals surface area contributed by atoms with Crippen LogP contribution in [0, 0.1) is 0 Å². The predicted octanol–water partition coefficient (Wildman–Crippen LogP) is 1.06. The third-order valence-electron chi connectivity index (χ3n) is 2.68. The van der Waals surface area contributed by atoms with Crippen molar-refractivity contribution in [2.45, 2.75) is 19.9 Å². The number of nitrogens with one attached hydrogen (secondary N) is 1. The molecule has 0 heterocycles. The molecule has 4 nitrogen and oxygen atoms in total. The largest absolute Gasteiger partial charge is 0.293 e. The van der Waals surface area contributed by atoms with Crippen LogP contribution >= 0.6 is 0 Å². The van der Waals surface area contributed by atoms with Crippen LogP contribution in [0.2, 0.25) is 0 Å². The Morgan fingerprint density at radius 3 is 2.31 bits per heavy atom. The summed E-state index contributed by atoms with van der Waals surface area (Å²) >= 11 is 0. The Hall–Kier alpha value is -1.39. The molecule has 88 valence electrons. The molecule has 1 amide bonds. The molecule has 0 radical (unpaired) electrons. The first-order valence-corrected chi connectivity index (χ1v) is 5.54. The highest BCUT2D eigenvalue weighted by Crippen LogP contribution is 2.19. The number of carbonyl (C=O) groups excluding carboxylic acids is 1. The van der Waals surface area contributed by atoms with E-state index in [9.17, 15) is 4.79 Å². The van der Waals surface area contributed by atoms with E-state index in [-0.39, 0.29) is 11.9 Å². The topological polar surface area (TPSA) is 58.4 Å². The number of nitrogens with zero attached hydrogens (tertiary/aromatic N) is 1. The molecule has 1 atom stereocenters. The maximum absolute atomic E-state index is 11.8. The van der Waals surface area contributed by atoms with Gasteiger partial charge in [0.15, 0.2) is 0 Å². The number of rotatable bonds is 5. The van der Waals surface area contributed by atoms with E-state index in [4.69, 9.17) is 5.84 Å². The van der Waals surface area contributed by atoms with E-state index in [1.807, 2.05) is 44.2 Å². The molecule has 0 unspecified atom stereocenters. The number of hydrogen-bond donors (Lipinski definition) is 2. The van der Waals surface area contributed by atoms with Crippen LogP contribution in [0.4, 0.5) is 0 Å². The summed E-state index contributed by atoms with van der Waals surface area (Å²) in [4.78, 5) is 13.9. The lowest BCUT2D eigenvalue weighted by Crippen LogP contribution is -2.43. The summed E-state index contributed by atoms with van der Waals surface area (Å²) in [6.45, 7) is 5.68. The average molecular weight is 221 g/mol. The van der Waals surface area contributed by atoms with Crippen LogP contribution in [0.25, 0.3) is 0 Å². The van der Waals surface area contributed by atoms with Crippen molar-refractivity contribution in [2.75, 3.05) is 13.1 Å². The summed E-state index contributed by atoms with van der Waals surface area (Å²) in [5.74, 6) is 5.06. The fourth-order valence-corrected chi connectivity index (χ4v) is 1.83. The molecule has 0 aromatic heterocycles. The molecule has 0 aliphatic heterocycles. The second-order valence-electron chi connectivity index (χ2n) is 3.54. The highest BCUT2D eigenvalue weighted by Gasteiger charge is 2.24. The third-order valence-corrected chi connectivity index (χ3v) is 2.68. The van der Waals surface area contributed by atoms with Gasteiger partial charge in [0.1, 0.15) is 6.04 Å².